The number of aliphatic hydroxyl groups excluding tert-OH is 1. The molecule has 1 aromatic rings. The number of benzene rings is 1. The molecule has 0 bridgehead atoms. The molecule has 0 aliphatic rings. The highest BCUT2D eigenvalue weighted by atomic mass is 19.4. The van der Waals surface area contributed by atoms with Gasteiger partial charge in [-0.15, -0.1) is 0 Å². The minimum absolute atomic E-state index is 0.356. The lowest BCUT2D eigenvalue weighted by Gasteiger charge is -2.17. The highest BCUT2D eigenvalue weighted by Gasteiger charge is 2.37. The second-order valence-electron chi connectivity index (χ2n) is 3.48. The van der Waals surface area contributed by atoms with Crippen molar-refractivity contribution in [2.24, 2.45) is 0 Å². The first kappa shape index (κ1) is 12.6. The van der Waals surface area contributed by atoms with Gasteiger partial charge in [-0.2, -0.15) is 13.2 Å². The number of aliphatic hydroxyl groups is 1. The molecule has 90 valence electrons. The van der Waals surface area contributed by atoms with Crippen molar-refractivity contribution < 1.29 is 18.3 Å². The molecule has 1 rings (SSSR count). The molecule has 0 saturated heterocycles. The van der Waals surface area contributed by atoms with Crippen molar-refractivity contribution in [1.29, 1.82) is 0 Å². The Morgan fingerprint density at radius 2 is 2.06 bits per heavy atom. The smallest absolute Gasteiger partial charge is 0.397 e. The summed E-state index contributed by atoms with van der Waals surface area (Å²) in [6.45, 7) is 1.11. The van der Waals surface area contributed by atoms with E-state index in [-0.39, 0.29) is 0 Å². The number of para-hydroxylation sites is 1. The summed E-state index contributed by atoms with van der Waals surface area (Å²) in [5.74, 6) is 0. The van der Waals surface area contributed by atoms with Crippen LogP contribution in [0.4, 0.5) is 24.5 Å². The molecule has 1 aromatic carbocycles. The predicted molar refractivity (Wildman–Crippen MR) is 56.1 cm³/mol. The van der Waals surface area contributed by atoms with Crippen LogP contribution in [0, 0.1) is 6.92 Å². The van der Waals surface area contributed by atoms with E-state index in [9.17, 15) is 13.2 Å². The molecule has 16 heavy (non-hydrogen) atoms. The summed E-state index contributed by atoms with van der Waals surface area (Å²) in [5, 5.41) is 11.3. The zero-order valence-electron chi connectivity index (χ0n) is 8.67. The molecule has 0 heterocycles. The van der Waals surface area contributed by atoms with Gasteiger partial charge < -0.3 is 16.2 Å². The molecule has 1 atom stereocenters. The van der Waals surface area contributed by atoms with E-state index in [1.165, 1.54) is 0 Å². The number of hydrogen-bond acceptors (Lipinski definition) is 3. The number of hydrogen-bond donors (Lipinski definition) is 3. The van der Waals surface area contributed by atoms with E-state index >= 15 is 0 Å². The van der Waals surface area contributed by atoms with Crippen LogP contribution in [-0.4, -0.2) is 23.9 Å². The van der Waals surface area contributed by atoms with E-state index in [1.54, 1.807) is 25.1 Å². The number of anilines is 2. The molecule has 0 aliphatic heterocycles. The Bertz CT molecular complexity index is 345. The molecule has 0 radical (unpaired) electrons. The van der Waals surface area contributed by atoms with Crippen molar-refractivity contribution in [2.75, 3.05) is 17.6 Å². The zero-order chi connectivity index (χ0) is 12.3. The van der Waals surface area contributed by atoms with Crippen LogP contribution in [0.2, 0.25) is 0 Å². The maximum Gasteiger partial charge on any atom is 0.416 e. The Morgan fingerprint density at radius 1 is 1.44 bits per heavy atom. The minimum atomic E-state index is -4.62. The van der Waals surface area contributed by atoms with E-state index in [2.05, 4.69) is 5.32 Å². The number of aryl methyl sites for hydroxylation is 1. The first-order valence-electron chi connectivity index (χ1n) is 4.66. The maximum absolute atomic E-state index is 12.0. The normalized spacial score (nSPS) is 13.6. The molecule has 4 N–H and O–H groups in total. The van der Waals surface area contributed by atoms with Crippen molar-refractivity contribution in [3.63, 3.8) is 0 Å². The summed E-state index contributed by atoms with van der Waals surface area (Å²) in [4.78, 5) is 0. The van der Waals surface area contributed by atoms with E-state index in [0.717, 1.165) is 5.56 Å². The predicted octanol–water partition coefficient (Wildman–Crippen LogP) is 1.91. The molecule has 3 nitrogen and oxygen atoms in total. The summed E-state index contributed by atoms with van der Waals surface area (Å²) in [7, 11) is 0. The second-order valence-corrected chi connectivity index (χ2v) is 3.48. The summed E-state index contributed by atoms with van der Waals surface area (Å²) >= 11 is 0. The highest BCUT2D eigenvalue weighted by Crippen LogP contribution is 2.24. The standard InChI is InChI=1S/C10H13F3N2O/c1-6-3-2-4-7(14)9(6)15-5-8(16)10(11,12)13/h2-4,8,15-16H,5,14H2,1H3. The van der Waals surface area contributed by atoms with Crippen molar-refractivity contribution in [1.82, 2.24) is 0 Å². The monoisotopic (exact) mass is 234 g/mol. The Kier molecular flexibility index (Phi) is 3.64. The van der Waals surface area contributed by atoms with Crippen LogP contribution in [-0.2, 0) is 0 Å². The molecule has 0 saturated carbocycles. The van der Waals surface area contributed by atoms with Crippen molar-refractivity contribution in [3.05, 3.63) is 23.8 Å². The third kappa shape index (κ3) is 3.03. The number of alkyl halides is 3. The summed E-state index contributed by atoms with van der Waals surface area (Å²) in [6, 6.07) is 5.00. The fraction of sp³-hybridized carbons (Fsp3) is 0.400. The average Bonchev–Trinajstić information content (AvgIpc) is 2.15. The topological polar surface area (TPSA) is 58.3 Å². The number of nitrogens with one attached hydrogen (secondary N) is 1. The van der Waals surface area contributed by atoms with Gasteiger partial charge in [0.15, 0.2) is 6.10 Å². The Morgan fingerprint density at radius 3 is 2.56 bits per heavy atom. The number of nitrogen functional groups attached to an aromatic ring is 1. The lowest BCUT2D eigenvalue weighted by atomic mass is 10.1. The molecule has 6 heteroatoms. The molecule has 0 spiro atoms. The Labute approximate surface area is 91.1 Å². The van der Waals surface area contributed by atoms with Crippen molar-refractivity contribution in [3.8, 4) is 0 Å². The largest absolute Gasteiger partial charge is 0.416 e. The maximum atomic E-state index is 12.0. The summed E-state index contributed by atoms with van der Waals surface area (Å²) in [5.41, 5.74) is 7.10. The van der Waals surface area contributed by atoms with Crippen LogP contribution in [0.3, 0.4) is 0 Å². The fourth-order valence-corrected chi connectivity index (χ4v) is 1.25. The van der Waals surface area contributed by atoms with Crippen LogP contribution in [0.5, 0.6) is 0 Å². The van der Waals surface area contributed by atoms with Crippen molar-refractivity contribution in [2.45, 2.75) is 19.2 Å². The minimum Gasteiger partial charge on any atom is -0.397 e. The fourth-order valence-electron chi connectivity index (χ4n) is 1.25. The number of halogens is 3. The van der Waals surface area contributed by atoms with E-state index < -0.39 is 18.8 Å². The molecule has 1 unspecified atom stereocenters. The average molecular weight is 234 g/mol. The SMILES string of the molecule is Cc1cccc(N)c1NCC(O)C(F)(F)F. The van der Waals surface area contributed by atoms with Crippen LogP contribution in [0.25, 0.3) is 0 Å². The van der Waals surface area contributed by atoms with E-state index in [0.29, 0.717) is 11.4 Å². The number of nitrogens with two attached hydrogens (primary N) is 1. The molecule has 0 aliphatic carbocycles. The van der Waals surface area contributed by atoms with Crippen molar-refractivity contribution >= 4 is 11.4 Å². The molecular weight excluding hydrogens is 221 g/mol. The van der Waals surface area contributed by atoms with Gasteiger partial charge in [-0.05, 0) is 18.6 Å². The van der Waals surface area contributed by atoms with Crippen LogP contribution >= 0.6 is 0 Å². The van der Waals surface area contributed by atoms with Gasteiger partial charge in [0.2, 0.25) is 0 Å². The summed E-state index contributed by atoms with van der Waals surface area (Å²) in [6.07, 6.45) is -7.02. The quantitative estimate of drug-likeness (QED) is 0.700. The lowest BCUT2D eigenvalue weighted by molar-refractivity contribution is -0.198. The molecule has 0 aromatic heterocycles. The molecule has 0 amide bonds. The van der Waals surface area contributed by atoms with Gasteiger partial charge >= 0.3 is 6.18 Å². The van der Waals surface area contributed by atoms with Crippen LogP contribution in [0.15, 0.2) is 18.2 Å². The second kappa shape index (κ2) is 4.61. The lowest BCUT2D eigenvalue weighted by Crippen LogP contribution is -2.35. The Hall–Kier alpha value is -1.43. The van der Waals surface area contributed by atoms with E-state index in [4.69, 9.17) is 10.8 Å². The first-order chi connectivity index (χ1) is 7.32. The number of rotatable bonds is 3. The molecular formula is C10H13F3N2O. The van der Waals surface area contributed by atoms with Gasteiger partial charge in [-0.1, -0.05) is 12.1 Å². The van der Waals surface area contributed by atoms with Crippen LogP contribution in [0.1, 0.15) is 5.56 Å². The summed E-state index contributed by atoms with van der Waals surface area (Å²) < 4.78 is 36.1. The van der Waals surface area contributed by atoms with E-state index in [1.807, 2.05) is 0 Å². The van der Waals surface area contributed by atoms with Gasteiger partial charge in [-0.25, -0.2) is 0 Å². The third-order valence-corrected chi connectivity index (χ3v) is 2.16. The van der Waals surface area contributed by atoms with Gasteiger partial charge in [0.05, 0.1) is 11.4 Å². The van der Waals surface area contributed by atoms with Crippen LogP contribution < -0.4 is 11.1 Å². The highest BCUT2D eigenvalue weighted by molar-refractivity contribution is 5.69. The van der Waals surface area contributed by atoms with Gasteiger partial charge in [0.1, 0.15) is 0 Å². The Balaban J connectivity index is 2.69. The van der Waals surface area contributed by atoms with Gasteiger partial charge in [-0.3, -0.25) is 0 Å². The third-order valence-electron chi connectivity index (χ3n) is 2.16. The molecule has 0 fully saturated rings. The zero-order valence-corrected chi connectivity index (χ0v) is 8.67. The van der Waals surface area contributed by atoms with Gasteiger partial charge in [0.25, 0.3) is 0 Å². The first-order valence-corrected chi connectivity index (χ1v) is 4.66. The van der Waals surface area contributed by atoms with Gasteiger partial charge in [0, 0.05) is 6.54 Å².